The second-order valence-electron chi connectivity index (χ2n) is 9.64. The summed E-state index contributed by atoms with van der Waals surface area (Å²) >= 11 is 0. The number of pyridine rings is 1. The van der Waals surface area contributed by atoms with Gasteiger partial charge in [0, 0.05) is 6.20 Å². The molecular formula is C27H34N2O4. The number of carbonyl (C=O) groups is 2. The Bertz CT molecular complexity index is 960. The van der Waals surface area contributed by atoms with Crippen molar-refractivity contribution in [2.45, 2.75) is 76.2 Å². The Labute approximate surface area is 195 Å². The molecule has 4 rings (SSSR count). The Morgan fingerprint density at radius 1 is 1.09 bits per heavy atom. The highest BCUT2D eigenvalue weighted by Crippen LogP contribution is 2.42. The quantitative estimate of drug-likeness (QED) is 0.560. The first-order valence-corrected chi connectivity index (χ1v) is 12.2. The summed E-state index contributed by atoms with van der Waals surface area (Å²) in [6.07, 6.45) is 13.5. The lowest BCUT2D eigenvalue weighted by Gasteiger charge is -2.30. The van der Waals surface area contributed by atoms with Crippen LogP contribution in [0.25, 0.3) is 0 Å². The Balaban J connectivity index is 1.47. The molecule has 0 bridgehead atoms. The Morgan fingerprint density at radius 3 is 2.45 bits per heavy atom. The summed E-state index contributed by atoms with van der Waals surface area (Å²) in [5.74, 6) is 0.399. The molecule has 0 aliphatic heterocycles. The average Bonchev–Trinajstić information content (AvgIpc) is 3.35. The summed E-state index contributed by atoms with van der Waals surface area (Å²) in [6, 6.07) is 8.45. The third kappa shape index (κ3) is 5.37. The highest BCUT2D eigenvalue weighted by molar-refractivity contribution is 5.89. The molecule has 1 aromatic heterocycles. The van der Waals surface area contributed by atoms with E-state index in [1.54, 1.807) is 30.5 Å². The molecule has 1 aromatic carbocycles. The summed E-state index contributed by atoms with van der Waals surface area (Å²) in [6.45, 7) is 2.64. The van der Waals surface area contributed by atoms with Crippen molar-refractivity contribution in [3.8, 4) is 5.75 Å². The fraction of sp³-hybridized carbons (Fsp3) is 0.519. The second kappa shape index (κ2) is 10.4. The van der Waals surface area contributed by atoms with Gasteiger partial charge in [-0.25, -0.2) is 4.79 Å². The van der Waals surface area contributed by atoms with E-state index in [0.29, 0.717) is 12.5 Å². The van der Waals surface area contributed by atoms with Gasteiger partial charge in [0.2, 0.25) is 5.91 Å². The molecule has 1 unspecified atom stereocenters. The number of benzene rings is 1. The van der Waals surface area contributed by atoms with Crippen molar-refractivity contribution >= 4 is 11.9 Å². The molecule has 2 aromatic rings. The molecule has 2 aliphatic carbocycles. The zero-order valence-electron chi connectivity index (χ0n) is 19.4. The third-order valence-corrected chi connectivity index (χ3v) is 7.37. The monoisotopic (exact) mass is 450 g/mol. The molecular weight excluding hydrogens is 416 g/mol. The molecule has 176 valence electrons. The molecule has 2 fully saturated rings. The summed E-state index contributed by atoms with van der Waals surface area (Å²) in [5, 5.41) is 12.3. The van der Waals surface area contributed by atoms with E-state index in [9.17, 15) is 9.59 Å². The predicted molar refractivity (Wildman–Crippen MR) is 126 cm³/mol. The van der Waals surface area contributed by atoms with Crippen LogP contribution in [-0.4, -0.2) is 28.6 Å². The third-order valence-electron chi connectivity index (χ3n) is 7.37. The van der Waals surface area contributed by atoms with Gasteiger partial charge in [0.05, 0.1) is 29.8 Å². The number of hydrogen-bond acceptors (Lipinski definition) is 4. The molecule has 6 nitrogen and oxygen atoms in total. The van der Waals surface area contributed by atoms with Crippen LogP contribution in [0.2, 0.25) is 0 Å². The summed E-state index contributed by atoms with van der Waals surface area (Å²) in [5.41, 5.74) is 1.43. The van der Waals surface area contributed by atoms with E-state index in [4.69, 9.17) is 9.84 Å². The largest absolute Gasteiger partial charge is 0.492 e. The van der Waals surface area contributed by atoms with E-state index in [2.05, 4.69) is 10.3 Å². The first-order chi connectivity index (χ1) is 16.0. The number of ether oxygens (including phenoxy) is 1. The van der Waals surface area contributed by atoms with Gasteiger partial charge in [-0.05, 0) is 67.9 Å². The van der Waals surface area contributed by atoms with Crippen molar-refractivity contribution in [1.29, 1.82) is 0 Å². The van der Waals surface area contributed by atoms with Crippen LogP contribution in [-0.2, 0) is 10.2 Å². The molecule has 0 saturated heterocycles. The van der Waals surface area contributed by atoms with Gasteiger partial charge in [0.15, 0.2) is 0 Å². The molecule has 1 heterocycles. The Morgan fingerprint density at radius 2 is 1.79 bits per heavy atom. The Hall–Kier alpha value is -2.89. The fourth-order valence-corrected chi connectivity index (χ4v) is 5.29. The van der Waals surface area contributed by atoms with Crippen molar-refractivity contribution in [3.05, 3.63) is 59.4 Å². The van der Waals surface area contributed by atoms with Gasteiger partial charge >= 0.3 is 5.97 Å². The minimum absolute atomic E-state index is 0.000964. The van der Waals surface area contributed by atoms with Crippen molar-refractivity contribution in [1.82, 2.24) is 10.3 Å². The van der Waals surface area contributed by atoms with Crippen LogP contribution in [0.3, 0.4) is 0 Å². The summed E-state index contributed by atoms with van der Waals surface area (Å²) in [7, 11) is 0. The smallest absolute Gasteiger partial charge is 0.335 e. The maximum absolute atomic E-state index is 13.6. The van der Waals surface area contributed by atoms with Gasteiger partial charge in [0.25, 0.3) is 0 Å². The number of aromatic nitrogens is 1. The normalized spacial score (nSPS) is 19.1. The van der Waals surface area contributed by atoms with Gasteiger partial charge < -0.3 is 15.2 Å². The number of carbonyl (C=O) groups excluding carboxylic acids is 1. The van der Waals surface area contributed by atoms with E-state index in [0.717, 1.165) is 42.6 Å². The molecule has 0 radical (unpaired) electrons. The zero-order chi connectivity index (χ0) is 23.3. The number of nitrogens with zero attached hydrogens (tertiary/aromatic N) is 1. The lowest BCUT2D eigenvalue weighted by atomic mass is 9.78. The van der Waals surface area contributed by atoms with Crippen LogP contribution in [0.1, 0.15) is 92.2 Å². The Kier molecular flexibility index (Phi) is 7.31. The van der Waals surface area contributed by atoms with Gasteiger partial charge in [-0.15, -0.1) is 0 Å². The minimum Gasteiger partial charge on any atom is -0.492 e. The van der Waals surface area contributed by atoms with Crippen LogP contribution in [0.4, 0.5) is 0 Å². The van der Waals surface area contributed by atoms with Crippen molar-refractivity contribution in [3.63, 3.8) is 0 Å². The number of hydrogen-bond donors (Lipinski definition) is 2. The fourth-order valence-electron chi connectivity index (χ4n) is 5.29. The number of nitrogens with one attached hydrogen (secondary N) is 1. The first kappa shape index (κ1) is 23.3. The molecule has 0 spiro atoms. The van der Waals surface area contributed by atoms with Crippen molar-refractivity contribution < 1.29 is 19.4 Å². The first-order valence-electron chi connectivity index (χ1n) is 12.2. The van der Waals surface area contributed by atoms with E-state index in [-0.39, 0.29) is 17.5 Å². The number of aromatic carboxylic acids is 1. The highest BCUT2D eigenvalue weighted by atomic mass is 16.5. The lowest BCUT2D eigenvalue weighted by Crippen LogP contribution is -2.43. The van der Waals surface area contributed by atoms with E-state index in [1.165, 1.54) is 32.1 Å². The molecule has 2 N–H and O–H groups in total. The van der Waals surface area contributed by atoms with Crippen molar-refractivity contribution in [2.24, 2.45) is 5.92 Å². The number of carboxylic acids is 1. The van der Waals surface area contributed by atoms with Gasteiger partial charge in [0.1, 0.15) is 5.75 Å². The van der Waals surface area contributed by atoms with Crippen LogP contribution in [0, 0.1) is 5.92 Å². The maximum Gasteiger partial charge on any atom is 0.335 e. The zero-order valence-corrected chi connectivity index (χ0v) is 19.4. The van der Waals surface area contributed by atoms with Gasteiger partial charge in [-0.3, -0.25) is 9.78 Å². The van der Waals surface area contributed by atoms with Crippen LogP contribution in [0.5, 0.6) is 5.75 Å². The van der Waals surface area contributed by atoms with Crippen LogP contribution in [0.15, 0.2) is 42.7 Å². The summed E-state index contributed by atoms with van der Waals surface area (Å²) in [4.78, 5) is 29.1. The molecule has 2 aliphatic rings. The molecule has 2 saturated carbocycles. The topological polar surface area (TPSA) is 88.5 Å². The van der Waals surface area contributed by atoms with Crippen LogP contribution < -0.4 is 10.1 Å². The average molecular weight is 451 g/mol. The van der Waals surface area contributed by atoms with Gasteiger partial charge in [-0.1, -0.05) is 44.2 Å². The SMILES string of the molecule is CC(NC(=O)C1(c2cncc(OCC3CCCCC3)c2)CCCC1)c1ccc(C(=O)O)cc1. The van der Waals surface area contributed by atoms with Crippen LogP contribution >= 0.6 is 0 Å². The van der Waals surface area contributed by atoms with E-state index >= 15 is 0 Å². The molecule has 1 amide bonds. The second-order valence-corrected chi connectivity index (χ2v) is 9.64. The van der Waals surface area contributed by atoms with E-state index in [1.807, 2.05) is 19.2 Å². The molecule has 33 heavy (non-hydrogen) atoms. The van der Waals surface area contributed by atoms with Gasteiger partial charge in [-0.2, -0.15) is 0 Å². The minimum atomic E-state index is -0.957. The number of amides is 1. The highest BCUT2D eigenvalue weighted by Gasteiger charge is 2.43. The predicted octanol–water partition coefficient (Wildman–Crippen LogP) is 5.43. The lowest BCUT2D eigenvalue weighted by molar-refractivity contribution is -0.127. The van der Waals surface area contributed by atoms with E-state index < -0.39 is 11.4 Å². The van der Waals surface area contributed by atoms with Crippen molar-refractivity contribution in [2.75, 3.05) is 6.61 Å². The molecule has 1 atom stereocenters. The summed E-state index contributed by atoms with van der Waals surface area (Å²) < 4.78 is 6.11. The number of rotatable bonds is 8. The maximum atomic E-state index is 13.6. The molecule has 6 heteroatoms. The standard InChI is InChI=1S/C27H34N2O4/c1-19(21-9-11-22(12-10-21)25(30)31)29-26(32)27(13-5-6-14-27)23-15-24(17-28-16-23)33-18-20-7-3-2-4-8-20/h9-12,15-17,19-20H,2-8,13-14,18H2,1H3,(H,29,32)(H,30,31). The number of carboxylic acid groups (broad SMARTS) is 1.